The first-order valence-corrected chi connectivity index (χ1v) is 8.68. The summed E-state index contributed by atoms with van der Waals surface area (Å²) in [6, 6.07) is 14.3. The van der Waals surface area contributed by atoms with Crippen LogP contribution in [0, 0.1) is 24.2 Å². The molecule has 1 heterocycles. The number of hydrogen-bond acceptors (Lipinski definition) is 1. The molecule has 126 valence electrons. The van der Waals surface area contributed by atoms with E-state index in [1.807, 2.05) is 30.3 Å². The SMILES string of the molecule is C#CCc1cc(C#Cc2ccccc2)cc2c1OC(C)(C)CC2(C)C. The first-order valence-electron chi connectivity index (χ1n) is 8.68. The molecular formula is C24H24O. The van der Waals surface area contributed by atoms with E-state index in [-0.39, 0.29) is 11.0 Å². The van der Waals surface area contributed by atoms with Gasteiger partial charge in [0.2, 0.25) is 0 Å². The van der Waals surface area contributed by atoms with E-state index in [4.69, 9.17) is 11.2 Å². The molecule has 3 rings (SSSR count). The molecular weight excluding hydrogens is 304 g/mol. The van der Waals surface area contributed by atoms with Crippen molar-refractivity contribution in [2.75, 3.05) is 0 Å². The van der Waals surface area contributed by atoms with Crippen LogP contribution >= 0.6 is 0 Å². The Hall–Kier alpha value is -2.64. The van der Waals surface area contributed by atoms with Crippen molar-refractivity contribution in [1.29, 1.82) is 0 Å². The van der Waals surface area contributed by atoms with Crippen LogP contribution in [0.15, 0.2) is 42.5 Å². The van der Waals surface area contributed by atoms with Crippen LogP contribution in [-0.2, 0) is 11.8 Å². The predicted octanol–water partition coefficient (Wildman–Crippen LogP) is 5.10. The first-order chi connectivity index (χ1) is 11.8. The zero-order valence-corrected chi connectivity index (χ0v) is 15.4. The largest absolute Gasteiger partial charge is 0.487 e. The Balaban J connectivity index is 2.11. The van der Waals surface area contributed by atoms with Crippen LogP contribution in [-0.4, -0.2) is 5.60 Å². The van der Waals surface area contributed by atoms with E-state index in [2.05, 4.69) is 57.6 Å². The quantitative estimate of drug-likeness (QED) is 0.662. The Bertz CT molecular complexity index is 883. The molecule has 2 aromatic rings. The fourth-order valence-corrected chi connectivity index (χ4v) is 3.76. The topological polar surface area (TPSA) is 9.23 Å². The predicted molar refractivity (Wildman–Crippen MR) is 104 cm³/mol. The summed E-state index contributed by atoms with van der Waals surface area (Å²) >= 11 is 0. The lowest BCUT2D eigenvalue weighted by Gasteiger charge is -2.43. The third-order valence-corrected chi connectivity index (χ3v) is 4.56. The van der Waals surface area contributed by atoms with Crippen molar-refractivity contribution in [2.24, 2.45) is 0 Å². The molecule has 2 aromatic carbocycles. The van der Waals surface area contributed by atoms with Gasteiger partial charge in [-0.3, -0.25) is 0 Å². The minimum Gasteiger partial charge on any atom is -0.487 e. The van der Waals surface area contributed by atoms with Gasteiger partial charge in [0.1, 0.15) is 11.4 Å². The van der Waals surface area contributed by atoms with E-state index >= 15 is 0 Å². The summed E-state index contributed by atoms with van der Waals surface area (Å²) in [6.07, 6.45) is 7.11. The lowest BCUT2D eigenvalue weighted by Crippen LogP contribution is -2.41. The molecule has 0 aliphatic carbocycles. The second kappa shape index (κ2) is 6.34. The minimum atomic E-state index is -0.197. The molecule has 0 bridgehead atoms. The highest BCUT2D eigenvalue weighted by atomic mass is 16.5. The smallest absolute Gasteiger partial charge is 0.128 e. The Kier molecular flexibility index (Phi) is 4.36. The maximum absolute atomic E-state index is 6.31. The van der Waals surface area contributed by atoms with Gasteiger partial charge in [0, 0.05) is 28.7 Å². The van der Waals surface area contributed by atoms with Gasteiger partial charge < -0.3 is 4.74 Å². The summed E-state index contributed by atoms with van der Waals surface area (Å²) in [6.45, 7) is 8.81. The molecule has 1 heteroatoms. The molecule has 0 spiro atoms. The maximum Gasteiger partial charge on any atom is 0.128 e. The molecule has 0 saturated heterocycles. The van der Waals surface area contributed by atoms with E-state index in [0.717, 1.165) is 28.9 Å². The van der Waals surface area contributed by atoms with Crippen LogP contribution < -0.4 is 4.74 Å². The Morgan fingerprint density at radius 3 is 2.36 bits per heavy atom. The molecule has 0 radical (unpaired) electrons. The lowest BCUT2D eigenvalue weighted by molar-refractivity contribution is 0.0523. The van der Waals surface area contributed by atoms with Crippen LogP contribution in [0.3, 0.4) is 0 Å². The Morgan fingerprint density at radius 1 is 1.00 bits per heavy atom. The van der Waals surface area contributed by atoms with E-state index < -0.39 is 0 Å². The second-order valence-corrected chi connectivity index (χ2v) is 7.93. The summed E-state index contributed by atoms with van der Waals surface area (Å²) in [5, 5.41) is 0. The molecule has 0 saturated carbocycles. The average molecular weight is 328 g/mol. The van der Waals surface area contributed by atoms with E-state index in [1.54, 1.807) is 0 Å². The van der Waals surface area contributed by atoms with Crippen molar-refractivity contribution < 1.29 is 4.74 Å². The Morgan fingerprint density at radius 2 is 1.68 bits per heavy atom. The van der Waals surface area contributed by atoms with Gasteiger partial charge in [-0.15, -0.1) is 12.3 Å². The molecule has 0 atom stereocenters. The molecule has 1 aliphatic rings. The molecule has 0 aromatic heterocycles. The molecule has 0 N–H and O–H groups in total. The number of benzene rings is 2. The van der Waals surface area contributed by atoms with Gasteiger partial charge in [0.15, 0.2) is 0 Å². The van der Waals surface area contributed by atoms with Crippen molar-refractivity contribution in [3.8, 4) is 29.9 Å². The average Bonchev–Trinajstić information content (AvgIpc) is 2.53. The van der Waals surface area contributed by atoms with Crippen LogP contribution in [0.2, 0.25) is 0 Å². The summed E-state index contributed by atoms with van der Waals surface area (Å²) in [7, 11) is 0. The Labute approximate surface area is 151 Å². The highest BCUT2D eigenvalue weighted by Gasteiger charge is 2.40. The third kappa shape index (κ3) is 3.72. The second-order valence-electron chi connectivity index (χ2n) is 7.93. The van der Waals surface area contributed by atoms with Crippen molar-refractivity contribution in [1.82, 2.24) is 0 Å². The monoisotopic (exact) mass is 328 g/mol. The van der Waals surface area contributed by atoms with Gasteiger partial charge in [-0.05, 0) is 49.9 Å². The number of rotatable bonds is 1. The van der Waals surface area contributed by atoms with Gasteiger partial charge in [-0.1, -0.05) is 43.9 Å². The molecule has 25 heavy (non-hydrogen) atoms. The van der Waals surface area contributed by atoms with E-state index in [9.17, 15) is 0 Å². The van der Waals surface area contributed by atoms with E-state index in [0.29, 0.717) is 6.42 Å². The van der Waals surface area contributed by atoms with Crippen LogP contribution in [0.25, 0.3) is 0 Å². The highest BCUT2D eigenvalue weighted by Crippen LogP contribution is 2.46. The molecule has 0 amide bonds. The summed E-state index contributed by atoms with van der Waals surface area (Å²) in [5.74, 6) is 10.2. The van der Waals surface area contributed by atoms with Gasteiger partial charge in [-0.25, -0.2) is 0 Å². The van der Waals surface area contributed by atoms with Gasteiger partial charge >= 0.3 is 0 Å². The number of fused-ring (bicyclic) bond motifs is 1. The zero-order valence-electron chi connectivity index (χ0n) is 15.4. The van der Waals surface area contributed by atoms with Gasteiger partial charge in [-0.2, -0.15) is 0 Å². The number of hydrogen-bond donors (Lipinski definition) is 0. The van der Waals surface area contributed by atoms with Crippen LogP contribution in [0.4, 0.5) is 0 Å². The van der Waals surface area contributed by atoms with Crippen molar-refractivity contribution >= 4 is 0 Å². The fourth-order valence-electron chi connectivity index (χ4n) is 3.76. The minimum absolute atomic E-state index is 0.0187. The highest BCUT2D eigenvalue weighted by molar-refractivity contribution is 5.55. The van der Waals surface area contributed by atoms with E-state index in [1.165, 1.54) is 5.56 Å². The first kappa shape index (κ1) is 17.2. The molecule has 1 aliphatic heterocycles. The van der Waals surface area contributed by atoms with Crippen molar-refractivity contribution in [3.05, 3.63) is 64.7 Å². The van der Waals surface area contributed by atoms with Crippen LogP contribution in [0.1, 0.15) is 56.4 Å². The summed E-state index contributed by atoms with van der Waals surface area (Å²) in [4.78, 5) is 0. The van der Waals surface area contributed by atoms with Gasteiger partial charge in [0.05, 0.1) is 0 Å². The summed E-state index contributed by atoms with van der Waals surface area (Å²) in [5.41, 5.74) is 4.08. The zero-order chi connectivity index (χ0) is 18.1. The van der Waals surface area contributed by atoms with Crippen molar-refractivity contribution in [2.45, 2.75) is 51.6 Å². The normalized spacial score (nSPS) is 16.6. The van der Waals surface area contributed by atoms with Crippen LogP contribution in [0.5, 0.6) is 5.75 Å². The maximum atomic E-state index is 6.31. The van der Waals surface area contributed by atoms with Gasteiger partial charge in [0.25, 0.3) is 0 Å². The number of ether oxygens (including phenoxy) is 1. The molecule has 0 fully saturated rings. The third-order valence-electron chi connectivity index (χ3n) is 4.56. The lowest BCUT2D eigenvalue weighted by atomic mass is 9.72. The number of terminal acetylenes is 1. The molecule has 1 nitrogen and oxygen atoms in total. The standard InChI is InChI=1S/C24H24O/c1-6-10-20-15-19(14-13-18-11-8-7-9-12-18)16-21-22(20)25-24(4,5)17-23(21,2)3/h1,7-9,11-12,15-16H,10,17H2,2-5H3. The van der Waals surface area contributed by atoms with Crippen molar-refractivity contribution in [3.63, 3.8) is 0 Å². The summed E-state index contributed by atoms with van der Waals surface area (Å²) < 4.78 is 6.31. The fraction of sp³-hybridized carbons (Fsp3) is 0.333. The molecule has 0 unspecified atom stereocenters.